The first-order chi connectivity index (χ1) is 5.11. The molecule has 0 saturated heterocycles. The molecule has 1 rings (SSSR count). The van der Waals surface area contributed by atoms with Crippen LogP contribution < -0.4 is 0 Å². The molecule has 0 aliphatic carbocycles. The highest BCUT2D eigenvalue weighted by Crippen LogP contribution is 2.11. The average molecular weight is 154 g/mol. The van der Waals surface area contributed by atoms with Crippen LogP contribution in [-0.4, -0.2) is 35.3 Å². The molecule has 0 aromatic heterocycles. The molecular weight excluding hydrogens is 140 g/mol. The summed E-state index contributed by atoms with van der Waals surface area (Å²) < 4.78 is 0. The van der Waals surface area contributed by atoms with Crippen LogP contribution in [0.5, 0.6) is 0 Å². The molecule has 0 aromatic rings. The van der Waals surface area contributed by atoms with Gasteiger partial charge in [-0.3, -0.25) is 4.79 Å². The zero-order chi connectivity index (χ0) is 8.43. The second-order valence-electron chi connectivity index (χ2n) is 2.97. The molecule has 1 heterocycles. The lowest BCUT2D eigenvalue weighted by molar-refractivity contribution is -0.118. The Morgan fingerprint density at radius 2 is 2.18 bits per heavy atom. The van der Waals surface area contributed by atoms with Gasteiger partial charge in [0.1, 0.15) is 5.78 Å². The van der Waals surface area contributed by atoms with Crippen LogP contribution in [-0.2, 0) is 4.79 Å². The van der Waals surface area contributed by atoms with Crippen molar-refractivity contribution >= 4 is 5.78 Å². The lowest BCUT2D eigenvalue weighted by atomic mass is 10.4. The lowest BCUT2D eigenvalue weighted by Gasteiger charge is -2.25. The number of hydrogen-bond acceptors (Lipinski definition) is 3. The average Bonchev–Trinajstić information content (AvgIpc) is 2.18. The maximum atomic E-state index is 10.8. The summed E-state index contributed by atoms with van der Waals surface area (Å²) in [5, 5.41) is 0. The van der Waals surface area contributed by atoms with E-state index in [0.717, 1.165) is 0 Å². The first-order valence-electron chi connectivity index (χ1n) is 3.76. The van der Waals surface area contributed by atoms with E-state index >= 15 is 0 Å². The minimum Gasteiger partial charge on any atom is -0.359 e. The van der Waals surface area contributed by atoms with Gasteiger partial charge < -0.3 is 9.80 Å². The summed E-state index contributed by atoms with van der Waals surface area (Å²) in [6, 6.07) is 0. The predicted molar refractivity (Wildman–Crippen MR) is 43.8 cm³/mol. The Labute approximate surface area is 67.3 Å². The highest BCUT2D eigenvalue weighted by atomic mass is 16.1. The normalized spacial score (nSPS) is 23.0. The number of nitrogens with zero attached hydrogens (tertiary/aromatic N) is 2. The second-order valence-corrected chi connectivity index (χ2v) is 2.97. The minimum atomic E-state index is 0.205. The summed E-state index contributed by atoms with van der Waals surface area (Å²) in [5.74, 6) is 0.205. The van der Waals surface area contributed by atoms with Crippen molar-refractivity contribution in [2.24, 2.45) is 0 Å². The van der Waals surface area contributed by atoms with E-state index in [1.165, 1.54) is 0 Å². The van der Waals surface area contributed by atoms with Gasteiger partial charge in [0.25, 0.3) is 0 Å². The molecular formula is C8H14N2O. The summed E-state index contributed by atoms with van der Waals surface area (Å²) >= 11 is 0. The predicted octanol–water partition coefficient (Wildman–Crippen LogP) is 0.640. The van der Waals surface area contributed by atoms with Gasteiger partial charge in [0.2, 0.25) is 0 Å². The first-order valence-corrected chi connectivity index (χ1v) is 3.76. The zero-order valence-electron chi connectivity index (χ0n) is 7.24. The number of ketones is 1. The highest BCUT2D eigenvalue weighted by Gasteiger charge is 2.18. The molecule has 0 spiro atoms. The Bertz CT molecular complexity index is 189. The van der Waals surface area contributed by atoms with E-state index in [1.54, 1.807) is 6.92 Å². The maximum Gasteiger partial charge on any atom is 0.149 e. The topological polar surface area (TPSA) is 23.6 Å². The fourth-order valence-corrected chi connectivity index (χ4v) is 1.12. The number of Topliss-reactive ketones (excluding diaryl/α,β-unsaturated/α-hetero) is 1. The van der Waals surface area contributed by atoms with Crippen molar-refractivity contribution in [3.8, 4) is 0 Å². The van der Waals surface area contributed by atoms with E-state index in [9.17, 15) is 4.79 Å². The van der Waals surface area contributed by atoms with E-state index in [-0.39, 0.29) is 5.78 Å². The summed E-state index contributed by atoms with van der Waals surface area (Å²) in [7, 11) is 2.00. The van der Waals surface area contributed by atoms with Gasteiger partial charge in [0.05, 0.1) is 12.7 Å². The van der Waals surface area contributed by atoms with E-state index in [1.807, 2.05) is 24.3 Å². The van der Waals surface area contributed by atoms with Gasteiger partial charge in [-0.25, -0.2) is 0 Å². The molecule has 3 nitrogen and oxygen atoms in total. The molecule has 3 heteroatoms. The number of carbonyl (C=O) groups excluding carboxylic acids is 1. The molecule has 62 valence electrons. The smallest absolute Gasteiger partial charge is 0.149 e. The van der Waals surface area contributed by atoms with Gasteiger partial charge in [0, 0.05) is 19.4 Å². The third-order valence-electron chi connectivity index (χ3n) is 1.97. The van der Waals surface area contributed by atoms with Crippen molar-refractivity contribution in [2.75, 3.05) is 13.6 Å². The minimum absolute atomic E-state index is 0.205. The number of hydrogen-bond donors (Lipinski definition) is 0. The molecule has 1 atom stereocenters. The Kier molecular flexibility index (Phi) is 2.17. The van der Waals surface area contributed by atoms with Crippen LogP contribution in [0.4, 0.5) is 0 Å². The Hall–Kier alpha value is -0.990. The van der Waals surface area contributed by atoms with Crippen LogP contribution in [0.1, 0.15) is 13.8 Å². The summed E-state index contributed by atoms with van der Waals surface area (Å²) in [4.78, 5) is 14.8. The molecule has 0 radical (unpaired) electrons. The molecule has 0 fully saturated rings. The highest BCUT2D eigenvalue weighted by molar-refractivity contribution is 5.77. The van der Waals surface area contributed by atoms with E-state index in [2.05, 4.69) is 11.8 Å². The monoisotopic (exact) mass is 154 g/mol. The van der Waals surface area contributed by atoms with Crippen LogP contribution >= 0.6 is 0 Å². The van der Waals surface area contributed by atoms with Crippen molar-refractivity contribution in [3.63, 3.8) is 0 Å². The van der Waals surface area contributed by atoms with Crippen molar-refractivity contribution in [2.45, 2.75) is 20.0 Å². The van der Waals surface area contributed by atoms with Gasteiger partial charge in [-0.05, 0) is 13.8 Å². The summed E-state index contributed by atoms with van der Waals surface area (Å²) in [6.07, 6.45) is 4.25. The van der Waals surface area contributed by atoms with Crippen molar-refractivity contribution < 1.29 is 4.79 Å². The van der Waals surface area contributed by atoms with Gasteiger partial charge in [-0.15, -0.1) is 0 Å². The van der Waals surface area contributed by atoms with E-state index in [0.29, 0.717) is 12.7 Å². The van der Waals surface area contributed by atoms with Crippen LogP contribution in [0.15, 0.2) is 12.4 Å². The lowest BCUT2D eigenvalue weighted by Crippen LogP contribution is -2.36. The Morgan fingerprint density at radius 1 is 1.55 bits per heavy atom. The van der Waals surface area contributed by atoms with Crippen LogP contribution in [0, 0.1) is 0 Å². The van der Waals surface area contributed by atoms with Crippen LogP contribution in [0.25, 0.3) is 0 Å². The summed E-state index contributed by atoms with van der Waals surface area (Å²) in [6.45, 7) is 4.20. The largest absolute Gasteiger partial charge is 0.359 e. The van der Waals surface area contributed by atoms with Crippen molar-refractivity contribution in [1.82, 2.24) is 9.80 Å². The van der Waals surface area contributed by atoms with Gasteiger partial charge in [-0.2, -0.15) is 0 Å². The molecule has 11 heavy (non-hydrogen) atoms. The van der Waals surface area contributed by atoms with Crippen molar-refractivity contribution in [1.29, 1.82) is 0 Å². The fraction of sp³-hybridized carbons (Fsp3) is 0.625. The number of rotatable bonds is 2. The molecule has 0 aromatic carbocycles. The molecule has 1 aliphatic rings. The van der Waals surface area contributed by atoms with Gasteiger partial charge in [-0.1, -0.05) is 0 Å². The molecule has 0 N–H and O–H groups in total. The third-order valence-corrected chi connectivity index (χ3v) is 1.97. The fourth-order valence-electron chi connectivity index (χ4n) is 1.12. The van der Waals surface area contributed by atoms with Gasteiger partial charge in [0.15, 0.2) is 0 Å². The van der Waals surface area contributed by atoms with Crippen molar-refractivity contribution in [3.05, 3.63) is 12.4 Å². The Morgan fingerprint density at radius 3 is 2.55 bits per heavy atom. The van der Waals surface area contributed by atoms with Crippen LogP contribution in [0.2, 0.25) is 0 Å². The van der Waals surface area contributed by atoms with Crippen LogP contribution in [0.3, 0.4) is 0 Å². The summed E-state index contributed by atoms with van der Waals surface area (Å²) in [5.41, 5.74) is 0. The molecule has 0 bridgehead atoms. The van der Waals surface area contributed by atoms with E-state index in [4.69, 9.17) is 0 Å². The third kappa shape index (κ3) is 1.73. The molecule has 0 saturated carbocycles. The maximum absolute atomic E-state index is 10.8. The standard InChI is InChI=1S/C8H14N2O/c1-7(11)6-10-5-4-9(3)8(10)2/h4-5,8H,6H2,1-3H3. The van der Waals surface area contributed by atoms with E-state index < -0.39 is 0 Å². The molecule has 1 aliphatic heterocycles. The zero-order valence-corrected chi connectivity index (χ0v) is 7.24. The molecule has 0 amide bonds. The first kappa shape index (κ1) is 8.11. The SMILES string of the molecule is CC(=O)CN1C=CN(C)C1C. The van der Waals surface area contributed by atoms with Gasteiger partial charge >= 0.3 is 0 Å². The second kappa shape index (κ2) is 2.95. The molecule has 1 unspecified atom stereocenters. The Balaban J connectivity index is 2.49. The number of carbonyl (C=O) groups is 1. The quantitative estimate of drug-likeness (QED) is 0.583.